The number of hydrogen-bond acceptors (Lipinski definition) is 7. The van der Waals surface area contributed by atoms with E-state index in [-0.39, 0.29) is 11.3 Å². The minimum Gasteiger partial charge on any atom is -0.464 e. The van der Waals surface area contributed by atoms with Crippen LogP contribution in [0.5, 0.6) is 6.01 Å². The third-order valence-electron chi connectivity index (χ3n) is 1.78. The van der Waals surface area contributed by atoms with Crippen molar-refractivity contribution < 1.29 is 9.26 Å². The Hall–Kier alpha value is -1.89. The van der Waals surface area contributed by atoms with E-state index in [0.717, 1.165) is 5.69 Å². The first-order valence-electron chi connectivity index (χ1n) is 4.95. The van der Waals surface area contributed by atoms with Crippen molar-refractivity contribution in [3.63, 3.8) is 0 Å². The molecule has 0 aromatic carbocycles. The molecule has 0 aliphatic heterocycles. The van der Waals surface area contributed by atoms with Crippen LogP contribution in [-0.2, 0) is 6.54 Å². The summed E-state index contributed by atoms with van der Waals surface area (Å²) in [5, 5.41) is 6.75. The van der Waals surface area contributed by atoms with Crippen molar-refractivity contribution >= 4 is 17.5 Å². The van der Waals surface area contributed by atoms with E-state index in [1.54, 1.807) is 6.07 Å². The molecule has 1 N–H and O–H groups in total. The van der Waals surface area contributed by atoms with Crippen LogP contribution in [0.4, 0.5) is 5.95 Å². The molecule has 0 radical (unpaired) electrons. The number of halogens is 1. The molecule has 0 aliphatic rings. The van der Waals surface area contributed by atoms with E-state index in [0.29, 0.717) is 19.1 Å². The van der Waals surface area contributed by atoms with Gasteiger partial charge in [0.15, 0.2) is 0 Å². The van der Waals surface area contributed by atoms with Crippen LogP contribution in [0.3, 0.4) is 0 Å². The molecule has 0 aliphatic carbocycles. The predicted molar refractivity (Wildman–Crippen MR) is 59.8 cm³/mol. The van der Waals surface area contributed by atoms with Gasteiger partial charge < -0.3 is 14.6 Å². The molecule has 0 atom stereocenters. The zero-order chi connectivity index (χ0) is 12.1. The Morgan fingerprint density at radius 2 is 2.29 bits per heavy atom. The SMILES string of the molecule is CCOc1nc(Cl)nc(NCc2ccon2)n1. The van der Waals surface area contributed by atoms with Crippen molar-refractivity contribution in [3.05, 3.63) is 23.3 Å². The van der Waals surface area contributed by atoms with E-state index >= 15 is 0 Å². The molecular formula is C9H10ClN5O2. The van der Waals surface area contributed by atoms with Crippen LogP contribution in [0.1, 0.15) is 12.6 Å². The van der Waals surface area contributed by atoms with Gasteiger partial charge in [0, 0.05) is 6.07 Å². The van der Waals surface area contributed by atoms with Gasteiger partial charge in [-0.2, -0.15) is 15.0 Å². The lowest BCUT2D eigenvalue weighted by molar-refractivity contribution is 0.312. The number of rotatable bonds is 5. The fourth-order valence-electron chi connectivity index (χ4n) is 1.10. The summed E-state index contributed by atoms with van der Waals surface area (Å²) in [6, 6.07) is 1.93. The maximum absolute atomic E-state index is 5.73. The molecule has 0 saturated carbocycles. The molecule has 2 aromatic rings. The summed E-state index contributed by atoms with van der Waals surface area (Å²) in [5.74, 6) is 0.330. The van der Waals surface area contributed by atoms with Gasteiger partial charge in [-0.15, -0.1) is 0 Å². The first-order chi connectivity index (χ1) is 8.28. The van der Waals surface area contributed by atoms with E-state index in [9.17, 15) is 0 Å². The van der Waals surface area contributed by atoms with Crippen molar-refractivity contribution in [2.75, 3.05) is 11.9 Å². The largest absolute Gasteiger partial charge is 0.464 e. The highest BCUT2D eigenvalue weighted by atomic mass is 35.5. The number of nitrogens with zero attached hydrogens (tertiary/aromatic N) is 4. The van der Waals surface area contributed by atoms with Gasteiger partial charge >= 0.3 is 6.01 Å². The minimum atomic E-state index is 0.0751. The molecule has 8 heteroatoms. The fraction of sp³-hybridized carbons (Fsp3) is 0.333. The summed E-state index contributed by atoms with van der Waals surface area (Å²) in [7, 11) is 0. The standard InChI is InChI=1S/C9H10ClN5O2/c1-2-16-9-13-7(10)12-8(14-9)11-5-6-3-4-17-15-6/h3-4H,2,5H2,1H3,(H,11,12,13,14). The lowest BCUT2D eigenvalue weighted by Gasteiger charge is -2.05. The third kappa shape index (κ3) is 3.28. The van der Waals surface area contributed by atoms with E-state index in [2.05, 4.69) is 25.4 Å². The fourth-order valence-corrected chi connectivity index (χ4v) is 1.26. The molecule has 2 heterocycles. The Bertz CT molecular complexity index is 476. The average Bonchev–Trinajstić information content (AvgIpc) is 2.79. The van der Waals surface area contributed by atoms with Gasteiger partial charge in [0.2, 0.25) is 11.2 Å². The summed E-state index contributed by atoms with van der Waals surface area (Å²) < 4.78 is 9.84. The van der Waals surface area contributed by atoms with Crippen LogP contribution < -0.4 is 10.1 Å². The van der Waals surface area contributed by atoms with Crippen molar-refractivity contribution in [1.29, 1.82) is 0 Å². The molecule has 0 saturated heterocycles. The van der Waals surface area contributed by atoms with Crippen molar-refractivity contribution in [1.82, 2.24) is 20.1 Å². The molecule has 90 valence electrons. The van der Waals surface area contributed by atoms with Crippen LogP contribution in [0.15, 0.2) is 16.9 Å². The molecule has 7 nitrogen and oxygen atoms in total. The molecule has 0 amide bonds. The molecule has 17 heavy (non-hydrogen) atoms. The zero-order valence-corrected chi connectivity index (χ0v) is 9.81. The van der Waals surface area contributed by atoms with Crippen LogP contribution in [0, 0.1) is 0 Å². The van der Waals surface area contributed by atoms with Crippen molar-refractivity contribution in [2.45, 2.75) is 13.5 Å². The highest BCUT2D eigenvalue weighted by molar-refractivity contribution is 6.28. The molecule has 0 spiro atoms. The second-order valence-corrected chi connectivity index (χ2v) is 3.33. The highest BCUT2D eigenvalue weighted by Crippen LogP contribution is 2.11. The summed E-state index contributed by atoms with van der Waals surface area (Å²) in [5.41, 5.74) is 0.736. The molecule has 0 fully saturated rings. The Labute approximate surface area is 102 Å². The lowest BCUT2D eigenvalue weighted by atomic mass is 10.4. The Morgan fingerprint density at radius 3 is 3.00 bits per heavy atom. The zero-order valence-electron chi connectivity index (χ0n) is 9.05. The summed E-state index contributed by atoms with van der Waals surface area (Å²) in [4.78, 5) is 11.7. The quantitative estimate of drug-likeness (QED) is 0.867. The third-order valence-corrected chi connectivity index (χ3v) is 1.95. The second-order valence-electron chi connectivity index (χ2n) is 2.99. The van der Waals surface area contributed by atoms with E-state index in [1.807, 2.05) is 6.92 Å². The van der Waals surface area contributed by atoms with Crippen LogP contribution in [-0.4, -0.2) is 26.7 Å². The number of aromatic nitrogens is 4. The molecule has 0 unspecified atom stereocenters. The lowest BCUT2D eigenvalue weighted by Crippen LogP contribution is -2.07. The minimum absolute atomic E-state index is 0.0751. The first-order valence-corrected chi connectivity index (χ1v) is 5.33. The Kier molecular flexibility index (Phi) is 3.71. The van der Waals surface area contributed by atoms with Crippen molar-refractivity contribution in [2.24, 2.45) is 0 Å². The molecule has 2 aromatic heterocycles. The van der Waals surface area contributed by atoms with Gasteiger partial charge in [-0.1, -0.05) is 5.16 Å². The second kappa shape index (κ2) is 5.44. The number of nitrogens with one attached hydrogen (secondary N) is 1. The molecule has 2 rings (SSSR count). The number of hydrogen-bond donors (Lipinski definition) is 1. The molecule has 0 bridgehead atoms. The normalized spacial score (nSPS) is 10.2. The van der Waals surface area contributed by atoms with Crippen LogP contribution >= 0.6 is 11.6 Å². The summed E-state index contributed by atoms with van der Waals surface area (Å²) in [6.07, 6.45) is 1.49. The maximum Gasteiger partial charge on any atom is 0.322 e. The summed E-state index contributed by atoms with van der Waals surface area (Å²) >= 11 is 5.73. The van der Waals surface area contributed by atoms with Gasteiger partial charge in [-0.05, 0) is 18.5 Å². The number of anilines is 1. The predicted octanol–water partition coefficient (Wildman–Crippen LogP) is 1.52. The van der Waals surface area contributed by atoms with Crippen molar-refractivity contribution in [3.8, 4) is 6.01 Å². The maximum atomic E-state index is 5.73. The first kappa shape index (κ1) is 11.6. The van der Waals surface area contributed by atoms with E-state index < -0.39 is 0 Å². The van der Waals surface area contributed by atoms with Gasteiger partial charge in [-0.3, -0.25) is 0 Å². The van der Waals surface area contributed by atoms with Gasteiger partial charge in [0.25, 0.3) is 0 Å². The highest BCUT2D eigenvalue weighted by Gasteiger charge is 2.06. The van der Waals surface area contributed by atoms with E-state index in [1.165, 1.54) is 6.26 Å². The number of ether oxygens (including phenoxy) is 1. The smallest absolute Gasteiger partial charge is 0.322 e. The van der Waals surface area contributed by atoms with Gasteiger partial charge in [0.05, 0.1) is 13.2 Å². The topological polar surface area (TPSA) is 86.0 Å². The Morgan fingerprint density at radius 1 is 1.41 bits per heavy atom. The van der Waals surface area contributed by atoms with Crippen LogP contribution in [0.25, 0.3) is 0 Å². The van der Waals surface area contributed by atoms with Gasteiger partial charge in [-0.25, -0.2) is 0 Å². The van der Waals surface area contributed by atoms with Crippen LogP contribution in [0.2, 0.25) is 5.28 Å². The molecular weight excluding hydrogens is 246 g/mol. The van der Waals surface area contributed by atoms with E-state index in [4.69, 9.17) is 20.9 Å². The Balaban J connectivity index is 2.04. The summed E-state index contributed by atoms with van der Waals surface area (Å²) in [6.45, 7) is 2.73. The average molecular weight is 256 g/mol. The monoisotopic (exact) mass is 255 g/mol. The van der Waals surface area contributed by atoms with Gasteiger partial charge in [0.1, 0.15) is 12.0 Å².